The monoisotopic (exact) mass is 434 g/mol. The zero-order valence-electron chi connectivity index (χ0n) is 16.8. The molecule has 1 aliphatic carbocycles. The highest BCUT2D eigenvalue weighted by Gasteiger charge is 2.43. The lowest BCUT2D eigenvalue weighted by molar-refractivity contribution is 0.519. The molecule has 152 valence electrons. The Morgan fingerprint density at radius 1 is 0.633 bits per heavy atom. The molecule has 0 aliphatic heterocycles. The van der Waals surface area contributed by atoms with Crippen LogP contribution in [-0.4, -0.2) is 9.97 Å². The summed E-state index contributed by atoms with van der Waals surface area (Å²) in [5, 5.41) is 0. The summed E-state index contributed by atoms with van der Waals surface area (Å²) in [6, 6.07) is 24.4. The van der Waals surface area contributed by atoms with Crippen molar-refractivity contribution in [3.8, 4) is 11.1 Å². The van der Waals surface area contributed by atoms with Gasteiger partial charge >= 0.3 is 0 Å². The van der Waals surface area contributed by atoms with E-state index in [0.29, 0.717) is 0 Å². The van der Waals surface area contributed by atoms with E-state index in [9.17, 15) is 0 Å². The van der Waals surface area contributed by atoms with Crippen LogP contribution in [-0.2, 0) is 18.3 Å². The van der Waals surface area contributed by atoms with E-state index in [1.54, 1.807) is 0 Å². The Bertz CT molecular complexity index is 1090. The third-order valence-corrected chi connectivity index (χ3v) is 5.93. The standard InChI is InChI=1S/C26H22N2.2ClH/c1-19-6-7-23-22-4-2-3-5-24(22)26(25(23)16-19,17-20-8-12-27-13-9-20)18-21-10-14-28-15-11-21;;/h2-16H,17-18H2,1H3;2*1H. The third-order valence-electron chi connectivity index (χ3n) is 5.93. The molecule has 0 unspecified atom stereocenters. The van der Waals surface area contributed by atoms with Gasteiger partial charge in [-0.3, -0.25) is 9.97 Å². The molecule has 0 saturated carbocycles. The maximum absolute atomic E-state index is 4.22. The van der Waals surface area contributed by atoms with Crippen molar-refractivity contribution < 1.29 is 0 Å². The van der Waals surface area contributed by atoms with Gasteiger partial charge in [0.15, 0.2) is 0 Å². The average Bonchev–Trinajstić information content (AvgIpc) is 2.99. The van der Waals surface area contributed by atoms with Gasteiger partial charge in [-0.05, 0) is 77.4 Å². The first-order valence-electron chi connectivity index (χ1n) is 9.75. The highest BCUT2D eigenvalue weighted by atomic mass is 35.5. The number of halogens is 2. The molecular weight excluding hydrogens is 411 g/mol. The maximum Gasteiger partial charge on any atom is 0.0295 e. The largest absolute Gasteiger partial charge is 0.265 e. The second kappa shape index (κ2) is 8.99. The summed E-state index contributed by atoms with van der Waals surface area (Å²) in [5.74, 6) is 0. The van der Waals surface area contributed by atoms with E-state index in [1.807, 2.05) is 24.8 Å². The first kappa shape index (κ1) is 22.0. The lowest BCUT2D eigenvalue weighted by atomic mass is 9.69. The number of aryl methyl sites for hydroxylation is 1. The topological polar surface area (TPSA) is 25.8 Å². The molecule has 0 radical (unpaired) electrons. The van der Waals surface area contributed by atoms with Crippen LogP contribution in [0.4, 0.5) is 0 Å². The molecule has 0 atom stereocenters. The normalized spacial score (nSPS) is 12.8. The molecule has 2 nitrogen and oxygen atoms in total. The van der Waals surface area contributed by atoms with Gasteiger partial charge in [0.1, 0.15) is 0 Å². The van der Waals surface area contributed by atoms with E-state index in [2.05, 4.69) is 83.6 Å². The van der Waals surface area contributed by atoms with Gasteiger partial charge in [-0.1, -0.05) is 48.0 Å². The van der Waals surface area contributed by atoms with Crippen molar-refractivity contribution in [1.82, 2.24) is 9.97 Å². The van der Waals surface area contributed by atoms with Crippen LogP contribution in [0.2, 0.25) is 0 Å². The Balaban J connectivity index is 0.00000128. The number of pyridine rings is 2. The smallest absolute Gasteiger partial charge is 0.0295 e. The first-order chi connectivity index (χ1) is 13.8. The molecule has 1 aliphatic rings. The van der Waals surface area contributed by atoms with Gasteiger partial charge in [-0.2, -0.15) is 0 Å². The van der Waals surface area contributed by atoms with Crippen LogP contribution in [0.1, 0.15) is 27.8 Å². The Morgan fingerprint density at radius 3 is 1.77 bits per heavy atom. The maximum atomic E-state index is 4.22. The molecule has 0 bridgehead atoms. The van der Waals surface area contributed by atoms with E-state index < -0.39 is 0 Å². The molecule has 0 amide bonds. The van der Waals surface area contributed by atoms with E-state index in [-0.39, 0.29) is 30.2 Å². The summed E-state index contributed by atoms with van der Waals surface area (Å²) in [5.41, 5.74) is 9.42. The fourth-order valence-corrected chi connectivity index (χ4v) is 4.71. The molecule has 2 heterocycles. The molecule has 4 aromatic rings. The Morgan fingerprint density at radius 2 is 1.17 bits per heavy atom. The summed E-state index contributed by atoms with van der Waals surface area (Å²) < 4.78 is 0. The van der Waals surface area contributed by atoms with Gasteiger partial charge < -0.3 is 0 Å². The second-order valence-corrected chi connectivity index (χ2v) is 7.74. The molecule has 0 spiro atoms. The average molecular weight is 435 g/mol. The van der Waals surface area contributed by atoms with Crippen molar-refractivity contribution in [3.63, 3.8) is 0 Å². The summed E-state index contributed by atoms with van der Waals surface area (Å²) in [4.78, 5) is 8.44. The number of hydrogen-bond donors (Lipinski definition) is 0. The molecule has 0 saturated heterocycles. The molecule has 0 N–H and O–H groups in total. The lowest BCUT2D eigenvalue weighted by Crippen LogP contribution is -2.31. The van der Waals surface area contributed by atoms with Crippen molar-refractivity contribution in [1.29, 1.82) is 0 Å². The zero-order chi connectivity index (χ0) is 19.0. The minimum Gasteiger partial charge on any atom is -0.265 e. The molecule has 4 heteroatoms. The minimum absolute atomic E-state index is 0. The van der Waals surface area contributed by atoms with Crippen LogP contribution < -0.4 is 0 Å². The quantitative estimate of drug-likeness (QED) is 0.372. The molecular formula is C26H24Cl2N2. The number of nitrogens with zero attached hydrogens (tertiary/aromatic N) is 2. The van der Waals surface area contributed by atoms with E-state index in [1.165, 1.54) is 38.9 Å². The fourth-order valence-electron chi connectivity index (χ4n) is 4.71. The zero-order valence-corrected chi connectivity index (χ0v) is 18.4. The molecule has 2 aromatic heterocycles. The number of benzene rings is 2. The minimum atomic E-state index is -0.0966. The number of rotatable bonds is 4. The van der Waals surface area contributed by atoms with E-state index >= 15 is 0 Å². The Hall–Kier alpha value is -2.68. The van der Waals surface area contributed by atoms with E-state index in [4.69, 9.17) is 0 Å². The fraction of sp³-hybridized carbons (Fsp3) is 0.154. The van der Waals surface area contributed by atoms with Crippen LogP contribution in [0, 0.1) is 6.92 Å². The van der Waals surface area contributed by atoms with Gasteiger partial charge in [0.25, 0.3) is 0 Å². The van der Waals surface area contributed by atoms with Crippen LogP contribution in [0.3, 0.4) is 0 Å². The van der Waals surface area contributed by atoms with Gasteiger partial charge in [0.2, 0.25) is 0 Å². The second-order valence-electron chi connectivity index (χ2n) is 7.74. The summed E-state index contributed by atoms with van der Waals surface area (Å²) in [6.45, 7) is 2.19. The van der Waals surface area contributed by atoms with E-state index in [0.717, 1.165) is 12.8 Å². The summed E-state index contributed by atoms with van der Waals surface area (Å²) >= 11 is 0. The van der Waals surface area contributed by atoms with Crippen LogP contribution >= 0.6 is 24.8 Å². The highest BCUT2D eigenvalue weighted by molar-refractivity contribution is 5.85. The molecule has 30 heavy (non-hydrogen) atoms. The van der Waals surface area contributed by atoms with Crippen LogP contribution in [0.5, 0.6) is 0 Å². The van der Waals surface area contributed by atoms with Gasteiger partial charge in [0.05, 0.1) is 0 Å². The Kier molecular flexibility index (Phi) is 6.60. The van der Waals surface area contributed by atoms with Crippen molar-refractivity contribution in [3.05, 3.63) is 119 Å². The van der Waals surface area contributed by atoms with Gasteiger partial charge in [-0.25, -0.2) is 0 Å². The molecule has 0 fully saturated rings. The lowest BCUT2D eigenvalue weighted by Gasteiger charge is -2.33. The summed E-state index contributed by atoms with van der Waals surface area (Å²) in [6.07, 6.45) is 9.48. The highest BCUT2D eigenvalue weighted by Crippen LogP contribution is 2.52. The predicted octanol–water partition coefficient (Wildman–Crippen LogP) is 6.38. The SMILES string of the molecule is Cc1ccc2c(c1)C(Cc1ccncc1)(Cc1ccncc1)c1ccccc1-2.Cl.Cl. The van der Waals surface area contributed by atoms with Gasteiger partial charge in [-0.15, -0.1) is 24.8 Å². The molecule has 5 rings (SSSR count). The van der Waals surface area contributed by atoms with Crippen molar-refractivity contribution in [2.75, 3.05) is 0 Å². The summed E-state index contributed by atoms with van der Waals surface area (Å²) in [7, 11) is 0. The van der Waals surface area contributed by atoms with Gasteiger partial charge in [0, 0.05) is 30.2 Å². The number of aromatic nitrogens is 2. The Labute approximate surface area is 190 Å². The van der Waals surface area contributed by atoms with Crippen molar-refractivity contribution in [2.45, 2.75) is 25.2 Å². The number of hydrogen-bond acceptors (Lipinski definition) is 2. The van der Waals surface area contributed by atoms with Crippen molar-refractivity contribution >= 4 is 24.8 Å². The van der Waals surface area contributed by atoms with Crippen LogP contribution in [0.15, 0.2) is 91.5 Å². The molecule has 2 aromatic carbocycles. The van der Waals surface area contributed by atoms with Crippen molar-refractivity contribution in [2.24, 2.45) is 0 Å². The predicted molar refractivity (Wildman–Crippen MR) is 128 cm³/mol. The first-order valence-corrected chi connectivity index (χ1v) is 9.75. The van der Waals surface area contributed by atoms with Crippen LogP contribution in [0.25, 0.3) is 11.1 Å². The number of fused-ring (bicyclic) bond motifs is 3. The third kappa shape index (κ3) is 3.74.